The van der Waals surface area contributed by atoms with E-state index in [0.717, 1.165) is 38.9 Å². The minimum atomic E-state index is 0.0534. The molecule has 1 amide bonds. The first-order valence-corrected chi connectivity index (χ1v) is 8.27. The van der Waals surface area contributed by atoms with E-state index < -0.39 is 0 Å². The van der Waals surface area contributed by atoms with Crippen molar-refractivity contribution in [3.63, 3.8) is 0 Å². The zero-order chi connectivity index (χ0) is 14.0. The average Bonchev–Trinajstić information content (AvgIpc) is 2.89. The predicted molar refractivity (Wildman–Crippen MR) is 83.0 cm³/mol. The number of amides is 1. The van der Waals surface area contributed by atoms with Crippen LogP contribution in [-0.2, 0) is 11.2 Å². The van der Waals surface area contributed by atoms with Crippen molar-refractivity contribution >= 4 is 17.7 Å². The standard InChI is InChI=1S/C16H22N2OS/c1-16(6-8-17-9-7-16)11-18-15(19)14-10-12-4-2-3-5-13(12)20-14/h2-5,14,17H,6-11H2,1H3,(H,18,19). The lowest BCUT2D eigenvalue weighted by atomic mass is 9.81. The van der Waals surface area contributed by atoms with E-state index in [1.54, 1.807) is 11.8 Å². The highest BCUT2D eigenvalue weighted by Gasteiger charge is 2.31. The molecule has 0 radical (unpaired) electrons. The molecule has 1 fully saturated rings. The van der Waals surface area contributed by atoms with Crippen LogP contribution in [0.1, 0.15) is 25.3 Å². The number of fused-ring (bicyclic) bond motifs is 1. The Balaban J connectivity index is 1.53. The first kappa shape index (κ1) is 14.0. The summed E-state index contributed by atoms with van der Waals surface area (Å²) in [7, 11) is 0. The van der Waals surface area contributed by atoms with Crippen LogP contribution in [0.25, 0.3) is 0 Å². The van der Waals surface area contributed by atoms with Crippen molar-refractivity contribution in [1.29, 1.82) is 0 Å². The first-order valence-electron chi connectivity index (χ1n) is 7.39. The maximum Gasteiger partial charge on any atom is 0.233 e. The van der Waals surface area contributed by atoms with E-state index in [0.29, 0.717) is 0 Å². The van der Waals surface area contributed by atoms with Crippen LogP contribution >= 0.6 is 11.8 Å². The van der Waals surface area contributed by atoms with Crippen LogP contribution in [0.2, 0.25) is 0 Å². The highest BCUT2D eigenvalue weighted by Crippen LogP contribution is 2.37. The molecule has 2 aliphatic heterocycles. The Labute approximate surface area is 124 Å². The molecule has 2 aliphatic rings. The molecule has 1 atom stereocenters. The number of hydrogen-bond donors (Lipinski definition) is 2. The number of thioether (sulfide) groups is 1. The van der Waals surface area contributed by atoms with E-state index in [4.69, 9.17) is 0 Å². The Kier molecular flexibility index (Phi) is 4.03. The minimum absolute atomic E-state index is 0.0534. The largest absolute Gasteiger partial charge is 0.355 e. The molecule has 0 bridgehead atoms. The first-order chi connectivity index (χ1) is 9.66. The Bertz CT molecular complexity index is 472. The molecular formula is C16H22N2OS. The second kappa shape index (κ2) is 5.78. The summed E-state index contributed by atoms with van der Waals surface area (Å²) >= 11 is 1.71. The highest BCUT2D eigenvalue weighted by atomic mass is 32.2. The molecule has 0 aromatic heterocycles. The van der Waals surface area contributed by atoms with Crippen LogP contribution in [0.3, 0.4) is 0 Å². The number of carbonyl (C=O) groups excluding carboxylic acids is 1. The van der Waals surface area contributed by atoms with E-state index in [-0.39, 0.29) is 16.6 Å². The van der Waals surface area contributed by atoms with E-state index in [1.807, 2.05) is 6.07 Å². The summed E-state index contributed by atoms with van der Waals surface area (Å²) < 4.78 is 0. The van der Waals surface area contributed by atoms with Gasteiger partial charge in [-0.2, -0.15) is 0 Å². The molecule has 0 spiro atoms. The summed E-state index contributed by atoms with van der Waals surface area (Å²) in [6, 6.07) is 8.34. The van der Waals surface area contributed by atoms with E-state index in [9.17, 15) is 4.79 Å². The molecular weight excluding hydrogens is 268 g/mol. The van der Waals surface area contributed by atoms with Gasteiger partial charge in [0.05, 0.1) is 5.25 Å². The fourth-order valence-electron chi connectivity index (χ4n) is 2.95. The summed E-state index contributed by atoms with van der Waals surface area (Å²) in [4.78, 5) is 13.6. The summed E-state index contributed by atoms with van der Waals surface area (Å²) in [5, 5.41) is 6.61. The lowest BCUT2D eigenvalue weighted by Gasteiger charge is -2.34. The van der Waals surface area contributed by atoms with Gasteiger partial charge in [0.25, 0.3) is 0 Å². The molecule has 3 nitrogen and oxygen atoms in total. The summed E-state index contributed by atoms with van der Waals surface area (Å²) in [5.74, 6) is 0.200. The van der Waals surface area contributed by atoms with Gasteiger partial charge in [-0.3, -0.25) is 4.79 Å². The van der Waals surface area contributed by atoms with E-state index >= 15 is 0 Å². The van der Waals surface area contributed by atoms with Crippen molar-refractivity contribution in [3.05, 3.63) is 29.8 Å². The van der Waals surface area contributed by atoms with Gasteiger partial charge in [0.1, 0.15) is 0 Å². The minimum Gasteiger partial charge on any atom is -0.355 e. The molecule has 4 heteroatoms. The third-order valence-corrected chi connectivity index (χ3v) is 5.76. The number of rotatable bonds is 3. The smallest absolute Gasteiger partial charge is 0.233 e. The average molecular weight is 290 g/mol. The number of benzene rings is 1. The van der Waals surface area contributed by atoms with Gasteiger partial charge < -0.3 is 10.6 Å². The Morgan fingerprint density at radius 1 is 1.40 bits per heavy atom. The van der Waals surface area contributed by atoms with Crippen LogP contribution in [0.5, 0.6) is 0 Å². The summed E-state index contributed by atoms with van der Waals surface area (Å²) in [6.07, 6.45) is 3.15. The summed E-state index contributed by atoms with van der Waals surface area (Å²) in [5.41, 5.74) is 1.57. The van der Waals surface area contributed by atoms with Gasteiger partial charge in [0.2, 0.25) is 5.91 Å². The fraction of sp³-hybridized carbons (Fsp3) is 0.562. The molecule has 2 heterocycles. The van der Waals surface area contributed by atoms with Crippen LogP contribution in [0.4, 0.5) is 0 Å². The van der Waals surface area contributed by atoms with Crippen molar-refractivity contribution in [1.82, 2.24) is 10.6 Å². The normalized spacial score (nSPS) is 24.1. The van der Waals surface area contributed by atoms with Crippen molar-refractivity contribution in [2.75, 3.05) is 19.6 Å². The SMILES string of the molecule is CC1(CNC(=O)C2Cc3ccccc3S2)CCNCC1. The van der Waals surface area contributed by atoms with Crippen LogP contribution in [0.15, 0.2) is 29.2 Å². The van der Waals surface area contributed by atoms with Crippen molar-refractivity contribution in [2.45, 2.75) is 36.3 Å². The van der Waals surface area contributed by atoms with Gasteiger partial charge in [0.15, 0.2) is 0 Å². The van der Waals surface area contributed by atoms with Gasteiger partial charge in [0, 0.05) is 11.4 Å². The third-order valence-electron chi connectivity index (χ3n) is 4.44. The topological polar surface area (TPSA) is 41.1 Å². The molecule has 108 valence electrons. The van der Waals surface area contributed by atoms with Gasteiger partial charge >= 0.3 is 0 Å². The quantitative estimate of drug-likeness (QED) is 0.897. The molecule has 1 aromatic rings. The molecule has 20 heavy (non-hydrogen) atoms. The Hall–Kier alpha value is -1.00. The number of piperidine rings is 1. The van der Waals surface area contributed by atoms with Crippen LogP contribution < -0.4 is 10.6 Å². The predicted octanol–water partition coefficient (Wildman–Crippen LogP) is 2.21. The van der Waals surface area contributed by atoms with Gasteiger partial charge in [-0.1, -0.05) is 25.1 Å². The van der Waals surface area contributed by atoms with Crippen molar-refractivity contribution in [3.8, 4) is 0 Å². The third kappa shape index (κ3) is 3.01. The number of hydrogen-bond acceptors (Lipinski definition) is 3. The highest BCUT2D eigenvalue weighted by molar-refractivity contribution is 8.01. The second-order valence-electron chi connectivity index (χ2n) is 6.20. The molecule has 2 N–H and O–H groups in total. The maximum absolute atomic E-state index is 12.4. The summed E-state index contributed by atoms with van der Waals surface area (Å²) in [6.45, 7) is 5.22. The lowest BCUT2D eigenvalue weighted by Crippen LogP contribution is -2.44. The number of carbonyl (C=O) groups is 1. The zero-order valence-corrected chi connectivity index (χ0v) is 12.8. The van der Waals surface area contributed by atoms with Gasteiger partial charge in [-0.05, 0) is 49.4 Å². The Morgan fingerprint density at radius 2 is 2.15 bits per heavy atom. The molecule has 3 rings (SSSR count). The molecule has 1 saturated heterocycles. The Morgan fingerprint density at radius 3 is 2.90 bits per heavy atom. The lowest BCUT2D eigenvalue weighted by molar-refractivity contribution is -0.121. The van der Waals surface area contributed by atoms with Crippen molar-refractivity contribution in [2.24, 2.45) is 5.41 Å². The van der Waals surface area contributed by atoms with Crippen molar-refractivity contribution < 1.29 is 4.79 Å². The van der Waals surface area contributed by atoms with E-state index in [2.05, 4.69) is 35.8 Å². The number of nitrogens with one attached hydrogen (secondary N) is 2. The molecule has 0 aliphatic carbocycles. The molecule has 1 unspecified atom stereocenters. The zero-order valence-electron chi connectivity index (χ0n) is 11.9. The van der Waals surface area contributed by atoms with Gasteiger partial charge in [-0.25, -0.2) is 0 Å². The second-order valence-corrected chi connectivity index (χ2v) is 7.44. The van der Waals surface area contributed by atoms with E-state index in [1.165, 1.54) is 10.5 Å². The molecule has 1 aromatic carbocycles. The maximum atomic E-state index is 12.4. The van der Waals surface area contributed by atoms with Crippen LogP contribution in [0, 0.1) is 5.41 Å². The fourth-order valence-corrected chi connectivity index (χ4v) is 4.17. The molecule has 0 saturated carbocycles. The monoisotopic (exact) mass is 290 g/mol. The van der Waals surface area contributed by atoms with Crippen LogP contribution in [-0.4, -0.2) is 30.8 Å². The van der Waals surface area contributed by atoms with Gasteiger partial charge in [-0.15, -0.1) is 11.8 Å².